The third-order valence-corrected chi connectivity index (χ3v) is 3.62. The molecule has 0 N–H and O–H groups in total. The van der Waals surface area contributed by atoms with Gasteiger partial charge >= 0.3 is 0 Å². The Hall–Kier alpha value is -1.90. The zero-order chi connectivity index (χ0) is 15.8. The first kappa shape index (κ1) is 17.2. The van der Waals surface area contributed by atoms with Crippen molar-refractivity contribution in [2.75, 3.05) is 0 Å². The summed E-state index contributed by atoms with van der Waals surface area (Å²) in [6.07, 6.45) is 3.66. The molecule has 3 heteroatoms. The van der Waals surface area contributed by atoms with Crippen molar-refractivity contribution in [1.29, 1.82) is 0 Å². The van der Waals surface area contributed by atoms with Crippen LogP contribution in [0.15, 0.2) is 36.9 Å². The minimum Gasteiger partial charge on any atom is -0.332 e. The van der Waals surface area contributed by atoms with E-state index in [4.69, 9.17) is 0 Å². The molecule has 1 amide bonds. The summed E-state index contributed by atoms with van der Waals surface area (Å²) >= 11 is 0. The molecular formula is C18H25NO2. The highest BCUT2D eigenvalue weighted by molar-refractivity contribution is 5.98. The number of Topliss-reactive ketones (excluding diaryl/α,β-unsaturated/α-hetero) is 1. The first-order valence-corrected chi connectivity index (χ1v) is 7.52. The summed E-state index contributed by atoms with van der Waals surface area (Å²) in [5.74, 6) is 0.369. The van der Waals surface area contributed by atoms with Gasteiger partial charge in [0.05, 0.1) is 0 Å². The van der Waals surface area contributed by atoms with Gasteiger partial charge in [-0.15, -0.1) is 6.58 Å². The fourth-order valence-electron chi connectivity index (χ4n) is 2.34. The van der Waals surface area contributed by atoms with E-state index >= 15 is 0 Å². The lowest BCUT2D eigenvalue weighted by Crippen LogP contribution is -2.33. The number of carbonyl (C=O) groups is 2. The number of allylic oxidation sites excluding steroid dienone is 1. The fourth-order valence-corrected chi connectivity index (χ4v) is 2.34. The van der Waals surface area contributed by atoms with E-state index in [1.807, 2.05) is 49.9 Å². The smallest absolute Gasteiger partial charge is 0.254 e. The number of benzene rings is 1. The van der Waals surface area contributed by atoms with Crippen LogP contribution in [0.5, 0.6) is 0 Å². The van der Waals surface area contributed by atoms with Gasteiger partial charge in [-0.05, 0) is 31.9 Å². The zero-order valence-electron chi connectivity index (χ0n) is 13.3. The average molecular weight is 287 g/mol. The van der Waals surface area contributed by atoms with E-state index < -0.39 is 0 Å². The van der Waals surface area contributed by atoms with E-state index in [0.717, 1.165) is 17.5 Å². The molecule has 1 unspecified atom stereocenters. The van der Waals surface area contributed by atoms with Crippen LogP contribution in [0.1, 0.15) is 56.0 Å². The summed E-state index contributed by atoms with van der Waals surface area (Å²) in [7, 11) is 0. The van der Waals surface area contributed by atoms with E-state index in [0.29, 0.717) is 19.4 Å². The summed E-state index contributed by atoms with van der Waals surface area (Å²) in [6.45, 7) is 9.83. The van der Waals surface area contributed by atoms with Gasteiger partial charge in [0.15, 0.2) is 0 Å². The van der Waals surface area contributed by atoms with Crippen molar-refractivity contribution >= 4 is 11.7 Å². The molecule has 0 saturated heterocycles. The van der Waals surface area contributed by atoms with Crippen molar-refractivity contribution in [3.05, 3.63) is 48.0 Å². The van der Waals surface area contributed by atoms with E-state index in [-0.39, 0.29) is 17.7 Å². The number of hydrogen-bond acceptors (Lipinski definition) is 2. The Balaban J connectivity index is 0.000000677. The molecule has 3 nitrogen and oxygen atoms in total. The molecule has 0 radical (unpaired) electrons. The van der Waals surface area contributed by atoms with Gasteiger partial charge in [-0.1, -0.05) is 31.2 Å². The van der Waals surface area contributed by atoms with Crippen LogP contribution in [-0.4, -0.2) is 22.6 Å². The Morgan fingerprint density at radius 3 is 2.62 bits per heavy atom. The standard InChI is InChI=1S/C15H19NO2.C3H6/c1-3-13(17)9-8-11(2)16-10-12-6-4-5-7-14(12)15(16)18;1-3-2/h4-7,11H,3,8-10H2,1-2H3;3H,1H2,2H3. The van der Waals surface area contributed by atoms with Crippen LogP contribution in [-0.2, 0) is 11.3 Å². The highest BCUT2D eigenvalue weighted by Gasteiger charge is 2.30. The van der Waals surface area contributed by atoms with Crippen LogP contribution in [0.4, 0.5) is 0 Å². The number of hydrogen-bond donors (Lipinski definition) is 0. The van der Waals surface area contributed by atoms with E-state index in [1.165, 1.54) is 0 Å². The monoisotopic (exact) mass is 287 g/mol. The maximum absolute atomic E-state index is 12.2. The van der Waals surface area contributed by atoms with Crippen LogP contribution in [0, 0.1) is 0 Å². The Morgan fingerprint density at radius 1 is 1.43 bits per heavy atom. The summed E-state index contributed by atoms with van der Waals surface area (Å²) in [5.41, 5.74) is 1.90. The number of nitrogens with zero attached hydrogens (tertiary/aromatic N) is 1. The third-order valence-electron chi connectivity index (χ3n) is 3.62. The summed E-state index contributed by atoms with van der Waals surface area (Å²) in [4.78, 5) is 25.4. The molecule has 1 aliphatic heterocycles. The van der Waals surface area contributed by atoms with Crippen molar-refractivity contribution in [2.45, 2.75) is 52.6 Å². The number of fused-ring (bicyclic) bond motifs is 1. The topological polar surface area (TPSA) is 37.4 Å². The minimum atomic E-state index is 0.0991. The van der Waals surface area contributed by atoms with Crippen LogP contribution in [0.2, 0.25) is 0 Å². The van der Waals surface area contributed by atoms with Crippen molar-refractivity contribution in [2.24, 2.45) is 0 Å². The third kappa shape index (κ3) is 4.55. The maximum Gasteiger partial charge on any atom is 0.254 e. The largest absolute Gasteiger partial charge is 0.332 e. The SMILES string of the molecule is C=CC.CCC(=O)CCC(C)N1Cc2ccccc2C1=O. The molecule has 0 saturated carbocycles. The van der Waals surface area contributed by atoms with Gasteiger partial charge in [-0.25, -0.2) is 0 Å². The van der Waals surface area contributed by atoms with Gasteiger partial charge < -0.3 is 4.90 Å². The van der Waals surface area contributed by atoms with Crippen molar-refractivity contribution in [1.82, 2.24) is 4.90 Å². The van der Waals surface area contributed by atoms with Gasteiger partial charge in [-0.3, -0.25) is 9.59 Å². The number of carbonyl (C=O) groups excluding carboxylic acids is 2. The number of rotatable bonds is 5. The summed E-state index contributed by atoms with van der Waals surface area (Å²) in [5, 5.41) is 0. The van der Waals surface area contributed by atoms with Crippen LogP contribution in [0.3, 0.4) is 0 Å². The van der Waals surface area contributed by atoms with Gasteiger partial charge in [-0.2, -0.15) is 0 Å². The molecule has 0 bridgehead atoms. The molecule has 0 spiro atoms. The average Bonchev–Trinajstić information content (AvgIpc) is 2.83. The van der Waals surface area contributed by atoms with Gasteiger partial charge in [0.1, 0.15) is 5.78 Å². The van der Waals surface area contributed by atoms with Crippen molar-refractivity contribution in [3.8, 4) is 0 Å². The first-order chi connectivity index (χ1) is 10.0. The van der Waals surface area contributed by atoms with Gasteiger partial charge in [0.25, 0.3) is 5.91 Å². The Bertz CT molecular complexity index is 508. The van der Waals surface area contributed by atoms with E-state index in [1.54, 1.807) is 6.08 Å². The molecular weight excluding hydrogens is 262 g/mol. The molecule has 2 rings (SSSR count). The lowest BCUT2D eigenvalue weighted by molar-refractivity contribution is -0.119. The number of amides is 1. The summed E-state index contributed by atoms with van der Waals surface area (Å²) < 4.78 is 0. The maximum atomic E-state index is 12.2. The molecule has 114 valence electrons. The predicted molar refractivity (Wildman–Crippen MR) is 86.2 cm³/mol. The van der Waals surface area contributed by atoms with Crippen molar-refractivity contribution in [3.63, 3.8) is 0 Å². The second kappa shape index (κ2) is 8.40. The summed E-state index contributed by atoms with van der Waals surface area (Å²) in [6, 6.07) is 7.85. The van der Waals surface area contributed by atoms with Crippen LogP contribution < -0.4 is 0 Å². The molecule has 0 aromatic heterocycles. The van der Waals surface area contributed by atoms with Crippen LogP contribution >= 0.6 is 0 Å². The highest BCUT2D eigenvalue weighted by atomic mass is 16.2. The molecule has 1 aliphatic rings. The van der Waals surface area contributed by atoms with Crippen LogP contribution in [0.25, 0.3) is 0 Å². The molecule has 1 aromatic rings. The second-order valence-corrected chi connectivity index (χ2v) is 5.28. The van der Waals surface area contributed by atoms with Crippen molar-refractivity contribution < 1.29 is 9.59 Å². The molecule has 0 fully saturated rings. The highest BCUT2D eigenvalue weighted by Crippen LogP contribution is 2.25. The van der Waals surface area contributed by atoms with E-state index in [2.05, 4.69) is 6.58 Å². The molecule has 1 aromatic carbocycles. The Morgan fingerprint density at radius 2 is 2.05 bits per heavy atom. The quantitative estimate of drug-likeness (QED) is 0.768. The number of ketones is 1. The second-order valence-electron chi connectivity index (χ2n) is 5.28. The molecule has 0 aliphatic carbocycles. The first-order valence-electron chi connectivity index (χ1n) is 7.52. The van der Waals surface area contributed by atoms with Gasteiger partial charge in [0.2, 0.25) is 0 Å². The predicted octanol–water partition coefficient (Wildman–Crippen LogP) is 3.98. The minimum absolute atomic E-state index is 0.0991. The van der Waals surface area contributed by atoms with E-state index in [9.17, 15) is 9.59 Å². The Kier molecular flexibility index (Phi) is 6.86. The molecule has 1 heterocycles. The lowest BCUT2D eigenvalue weighted by Gasteiger charge is -2.24. The zero-order valence-corrected chi connectivity index (χ0v) is 13.3. The fraction of sp³-hybridized carbons (Fsp3) is 0.444. The lowest BCUT2D eigenvalue weighted by atomic mass is 10.1. The Labute approximate surface area is 127 Å². The molecule has 21 heavy (non-hydrogen) atoms. The molecule has 1 atom stereocenters. The normalized spacial score (nSPS) is 14.0. The van der Waals surface area contributed by atoms with Gasteiger partial charge in [0, 0.05) is 31.0 Å².